The van der Waals surface area contributed by atoms with E-state index in [-0.39, 0.29) is 24.2 Å². The van der Waals surface area contributed by atoms with Gasteiger partial charge in [0, 0.05) is 38.2 Å². The summed E-state index contributed by atoms with van der Waals surface area (Å²) >= 11 is 0. The molecule has 1 N–H and O–H groups in total. The van der Waals surface area contributed by atoms with E-state index in [9.17, 15) is 14.0 Å². The molecular formula is C22H24FNO5. The van der Waals surface area contributed by atoms with Gasteiger partial charge in [0.25, 0.3) is 0 Å². The second-order valence-corrected chi connectivity index (χ2v) is 6.87. The molecule has 1 atom stereocenters. The first-order chi connectivity index (χ1) is 14.0. The fourth-order valence-electron chi connectivity index (χ4n) is 3.49. The summed E-state index contributed by atoms with van der Waals surface area (Å²) in [7, 11) is 3.05. The number of ether oxygens (including phenoxy) is 3. The Morgan fingerprint density at radius 1 is 1.21 bits per heavy atom. The molecule has 0 saturated carbocycles. The third kappa shape index (κ3) is 4.81. The van der Waals surface area contributed by atoms with Gasteiger partial charge in [0.05, 0.1) is 6.04 Å². The Morgan fingerprint density at radius 3 is 2.55 bits per heavy atom. The van der Waals surface area contributed by atoms with Gasteiger partial charge in [-0.25, -0.2) is 9.18 Å². The molecule has 1 amide bonds. The molecule has 0 aromatic heterocycles. The number of hydrogen-bond acceptors (Lipinski definition) is 5. The minimum atomic E-state index is -1.04. The lowest BCUT2D eigenvalue weighted by Gasteiger charge is -2.31. The van der Waals surface area contributed by atoms with Crippen molar-refractivity contribution in [2.24, 2.45) is 0 Å². The van der Waals surface area contributed by atoms with Crippen LogP contribution in [0.1, 0.15) is 46.8 Å². The second-order valence-electron chi connectivity index (χ2n) is 6.87. The zero-order valence-corrected chi connectivity index (χ0v) is 16.4. The van der Waals surface area contributed by atoms with Crippen LogP contribution < -0.4 is 5.32 Å². The van der Waals surface area contributed by atoms with Crippen molar-refractivity contribution in [3.05, 3.63) is 71.0 Å². The van der Waals surface area contributed by atoms with E-state index in [1.807, 2.05) is 6.07 Å². The van der Waals surface area contributed by atoms with Crippen LogP contribution in [0.25, 0.3) is 0 Å². The van der Waals surface area contributed by atoms with Gasteiger partial charge < -0.3 is 19.5 Å². The van der Waals surface area contributed by atoms with Crippen LogP contribution in [0.2, 0.25) is 0 Å². The SMILES string of the molecule is COC(CCCC(=O)c1cccc(C2COC(=O)N2)c1)(OC)c1ccc(F)cc1. The van der Waals surface area contributed by atoms with Crippen LogP contribution in [-0.2, 0) is 20.0 Å². The smallest absolute Gasteiger partial charge is 0.407 e. The molecule has 0 bridgehead atoms. The zero-order valence-electron chi connectivity index (χ0n) is 16.4. The minimum absolute atomic E-state index is 0.0164. The molecule has 29 heavy (non-hydrogen) atoms. The number of nitrogens with one attached hydrogen (secondary N) is 1. The maximum absolute atomic E-state index is 13.2. The van der Waals surface area contributed by atoms with Crippen molar-refractivity contribution in [2.75, 3.05) is 20.8 Å². The molecule has 7 heteroatoms. The maximum Gasteiger partial charge on any atom is 0.407 e. The number of ketones is 1. The Bertz CT molecular complexity index is 864. The van der Waals surface area contributed by atoms with Crippen LogP contribution in [0.15, 0.2) is 48.5 Å². The molecule has 1 saturated heterocycles. The zero-order chi connectivity index (χ0) is 20.9. The van der Waals surface area contributed by atoms with Crippen LogP contribution in [0.5, 0.6) is 0 Å². The summed E-state index contributed by atoms with van der Waals surface area (Å²) in [5, 5.41) is 2.70. The fourth-order valence-corrected chi connectivity index (χ4v) is 3.49. The van der Waals surface area contributed by atoms with Gasteiger partial charge in [-0.1, -0.05) is 30.3 Å². The van der Waals surface area contributed by atoms with Crippen LogP contribution in [0.3, 0.4) is 0 Å². The molecule has 0 spiro atoms. The van der Waals surface area contributed by atoms with Crippen LogP contribution in [0.4, 0.5) is 9.18 Å². The van der Waals surface area contributed by atoms with E-state index in [0.29, 0.717) is 30.4 Å². The summed E-state index contributed by atoms with van der Waals surface area (Å²) in [6.45, 7) is 0.248. The topological polar surface area (TPSA) is 73.9 Å². The number of cyclic esters (lactones) is 1. The molecule has 0 radical (unpaired) electrons. The van der Waals surface area contributed by atoms with E-state index in [0.717, 1.165) is 5.56 Å². The van der Waals surface area contributed by atoms with Gasteiger partial charge in [-0.05, 0) is 30.2 Å². The average molecular weight is 401 g/mol. The van der Waals surface area contributed by atoms with E-state index in [1.54, 1.807) is 30.3 Å². The quantitative estimate of drug-likeness (QED) is 0.506. The normalized spacial score (nSPS) is 16.4. The summed E-state index contributed by atoms with van der Waals surface area (Å²) in [4.78, 5) is 23.9. The Labute approximate surface area is 169 Å². The van der Waals surface area contributed by atoms with Crippen LogP contribution in [-0.4, -0.2) is 32.7 Å². The van der Waals surface area contributed by atoms with Crippen molar-refractivity contribution in [1.82, 2.24) is 5.32 Å². The Hall–Kier alpha value is -2.77. The molecule has 154 valence electrons. The lowest BCUT2D eigenvalue weighted by Crippen LogP contribution is -2.31. The van der Waals surface area contributed by atoms with E-state index < -0.39 is 11.9 Å². The first kappa shape index (κ1) is 21.0. The fraction of sp³-hybridized carbons (Fsp3) is 0.364. The summed E-state index contributed by atoms with van der Waals surface area (Å²) in [6, 6.07) is 12.9. The van der Waals surface area contributed by atoms with Gasteiger partial charge in [-0.2, -0.15) is 0 Å². The number of halogens is 1. The number of Topliss-reactive ketones (excluding diaryl/α,β-unsaturated/α-hetero) is 1. The predicted molar refractivity (Wildman–Crippen MR) is 104 cm³/mol. The highest BCUT2D eigenvalue weighted by Crippen LogP contribution is 2.32. The summed E-state index contributed by atoms with van der Waals surface area (Å²) in [5.41, 5.74) is 2.09. The van der Waals surface area contributed by atoms with Gasteiger partial charge in [0.15, 0.2) is 11.6 Å². The molecule has 2 aromatic rings. The highest BCUT2D eigenvalue weighted by molar-refractivity contribution is 5.96. The molecule has 0 aliphatic carbocycles. The number of carbonyl (C=O) groups excluding carboxylic acids is 2. The third-order valence-corrected chi connectivity index (χ3v) is 5.14. The monoisotopic (exact) mass is 401 g/mol. The van der Waals surface area contributed by atoms with Gasteiger partial charge in [0.2, 0.25) is 0 Å². The Balaban J connectivity index is 1.64. The minimum Gasteiger partial charge on any atom is -0.447 e. The number of rotatable bonds is 9. The van der Waals surface area contributed by atoms with Gasteiger partial charge >= 0.3 is 6.09 Å². The highest BCUT2D eigenvalue weighted by Gasteiger charge is 2.32. The van der Waals surface area contributed by atoms with Crippen molar-refractivity contribution in [1.29, 1.82) is 0 Å². The molecular weight excluding hydrogens is 377 g/mol. The van der Waals surface area contributed by atoms with Crippen molar-refractivity contribution >= 4 is 11.9 Å². The number of methoxy groups -OCH3 is 2. The largest absolute Gasteiger partial charge is 0.447 e. The van der Waals surface area contributed by atoms with Gasteiger partial charge in [-0.15, -0.1) is 0 Å². The molecule has 1 aliphatic rings. The Kier molecular flexibility index (Phi) is 6.61. The molecule has 6 nitrogen and oxygen atoms in total. The average Bonchev–Trinajstić information content (AvgIpc) is 3.18. The van der Waals surface area contributed by atoms with Crippen molar-refractivity contribution in [3.8, 4) is 0 Å². The van der Waals surface area contributed by atoms with E-state index >= 15 is 0 Å². The van der Waals surface area contributed by atoms with Crippen LogP contribution in [0, 0.1) is 5.82 Å². The van der Waals surface area contributed by atoms with Crippen molar-refractivity contribution in [3.63, 3.8) is 0 Å². The van der Waals surface area contributed by atoms with Crippen LogP contribution >= 0.6 is 0 Å². The number of benzene rings is 2. The third-order valence-electron chi connectivity index (χ3n) is 5.14. The number of hydrogen-bond donors (Lipinski definition) is 1. The maximum atomic E-state index is 13.2. The first-order valence-corrected chi connectivity index (χ1v) is 9.40. The summed E-state index contributed by atoms with van der Waals surface area (Å²) < 4.78 is 29.3. The van der Waals surface area contributed by atoms with E-state index in [4.69, 9.17) is 14.2 Å². The van der Waals surface area contributed by atoms with Gasteiger partial charge in [-0.3, -0.25) is 4.79 Å². The van der Waals surface area contributed by atoms with E-state index in [2.05, 4.69) is 5.32 Å². The lowest BCUT2D eigenvalue weighted by atomic mass is 9.96. The highest BCUT2D eigenvalue weighted by atomic mass is 19.1. The van der Waals surface area contributed by atoms with E-state index in [1.165, 1.54) is 26.4 Å². The van der Waals surface area contributed by atoms with Crippen molar-refractivity contribution < 1.29 is 28.2 Å². The summed E-state index contributed by atoms with van der Waals surface area (Å²) in [5.74, 6) is -1.40. The standard InChI is InChI=1S/C22H24FNO5/c1-27-22(28-2,17-8-10-18(23)11-9-17)12-4-7-20(25)16-6-3-5-15(13-16)19-14-29-21(26)24-19/h3,5-6,8-11,13,19H,4,7,12,14H2,1-2H3,(H,24,26). The first-order valence-electron chi connectivity index (χ1n) is 9.40. The molecule has 3 rings (SSSR count). The molecule has 1 unspecified atom stereocenters. The molecule has 2 aromatic carbocycles. The van der Waals surface area contributed by atoms with Gasteiger partial charge in [0.1, 0.15) is 12.4 Å². The van der Waals surface area contributed by atoms with Crippen molar-refractivity contribution in [2.45, 2.75) is 31.1 Å². The second kappa shape index (κ2) is 9.15. The number of carbonyl (C=O) groups is 2. The summed E-state index contributed by atoms with van der Waals surface area (Å²) in [6.07, 6.45) is 0.796. The molecule has 1 aliphatic heterocycles. The number of alkyl carbamates (subject to hydrolysis) is 1. The lowest BCUT2D eigenvalue weighted by molar-refractivity contribution is -0.220. The Morgan fingerprint density at radius 2 is 1.93 bits per heavy atom. The number of amides is 1. The molecule has 1 fully saturated rings. The molecule has 1 heterocycles. The predicted octanol–water partition coefficient (Wildman–Crippen LogP) is 4.11.